The maximum atomic E-state index is 14.0. The zero-order chi connectivity index (χ0) is 18.4. The van der Waals surface area contributed by atoms with Gasteiger partial charge in [-0.1, -0.05) is 30.3 Å². The lowest BCUT2D eigenvalue weighted by Gasteiger charge is -2.23. The molecule has 0 aliphatic carbocycles. The van der Waals surface area contributed by atoms with Crippen molar-refractivity contribution in [1.82, 2.24) is 5.32 Å². The molecule has 0 aromatic heterocycles. The van der Waals surface area contributed by atoms with E-state index in [9.17, 15) is 14.0 Å². The smallest absolute Gasteiger partial charge is 0.243 e. The number of amides is 2. The van der Waals surface area contributed by atoms with Gasteiger partial charge in [0.2, 0.25) is 11.8 Å². The Morgan fingerprint density at radius 1 is 1.15 bits per heavy atom. The molecule has 2 aromatic carbocycles. The van der Waals surface area contributed by atoms with Crippen LogP contribution in [0, 0.1) is 5.82 Å². The number of carbonyl (C=O) groups is 2. The number of hydrogen-bond donors (Lipinski definition) is 3. The number of carbonyl (C=O) groups excluding carboxylic acids is 2. The van der Waals surface area contributed by atoms with Crippen LogP contribution in [0.2, 0.25) is 0 Å². The quantitative estimate of drug-likeness (QED) is 0.764. The van der Waals surface area contributed by atoms with Crippen LogP contribution in [-0.2, 0) is 20.7 Å². The second-order valence-corrected chi connectivity index (χ2v) is 5.98. The molecular weight excluding hydrogens is 337 g/mol. The van der Waals surface area contributed by atoms with Crippen molar-refractivity contribution in [3.8, 4) is 0 Å². The number of halogens is 1. The van der Waals surface area contributed by atoms with Crippen molar-refractivity contribution < 1.29 is 18.7 Å². The van der Waals surface area contributed by atoms with Crippen molar-refractivity contribution in [3.63, 3.8) is 0 Å². The van der Waals surface area contributed by atoms with Gasteiger partial charge in [0, 0.05) is 12.2 Å². The number of hydrogen-bond acceptors (Lipinski definition) is 4. The first-order valence-electron chi connectivity index (χ1n) is 8.37. The van der Waals surface area contributed by atoms with Crippen molar-refractivity contribution in [1.29, 1.82) is 0 Å². The van der Waals surface area contributed by atoms with E-state index in [0.29, 0.717) is 18.8 Å². The Balaban J connectivity index is 1.63. The Bertz CT molecular complexity index is 777. The number of nitrogens with one attached hydrogen (secondary N) is 3. The van der Waals surface area contributed by atoms with E-state index in [0.717, 1.165) is 5.56 Å². The molecule has 0 bridgehead atoms. The third kappa shape index (κ3) is 4.87. The first kappa shape index (κ1) is 18.0. The summed E-state index contributed by atoms with van der Waals surface area (Å²) in [5.74, 6) is -1.16. The Morgan fingerprint density at radius 2 is 1.96 bits per heavy atom. The van der Waals surface area contributed by atoms with Gasteiger partial charge >= 0.3 is 0 Å². The number of anilines is 2. The molecule has 0 saturated carbocycles. The van der Waals surface area contributed by atoms with Gasteiger partial charge in [0.05, 0.1) is 25.3 Å². The lowest BCUT2D eigenvalue weighted by Crippen LogP contribution is -2.48. The van der Waals surface area contributed by atoms with E-state index in [4.69, 9.17) is 4.74 Å². The van der Waals surface area contributed by atoms with Crippen LogP contribution < -0.4 is 16.0 Å². The second-order valence-electron chi connectivity index (χ2n) is 5.98. The van der Waals surface area contributed by atoms with E-state index in [1.807, 2.05) is 30.3 Å². The number of rotatable bonds is 5. The van der Waals surface area contributed by atoms with Gasteiger partial charge in [0.25, 0.3) is 0 Å². The van der Waals surface area contributed by atoms with Crippen molar-refractivity contribution in [2.24, 2.45) is 0 Å². The van der Waals surface area contributed by atoms with Crippen LogP contribution in [0.1, 0.15) is 5.56 Å². The van der Waals surface area contributed by atoms with Crippen LogP contribution in [-0.4, -0.2) is 37.6 Å². The zero-order valence-electron chi connectivity index (χ0n) is 14.1. The first-order chi connectivity index (χ1) is 12.6. The minimum atomic E-state index is -0.566. The molecule has 0 spiro atoms. The van der Waals surface area contributed by atoms with Gasteiger partial charge < -0.3 is 20.7 Å². The molecule has 3 rings (SSSR count). The lowest BCUT2D eigenvalue weighted by atomic mass is 10.1. The molecule has 1 heterocycles. The summed E-state index contributed by atoms with van der Waals surface area (Å²) in [5, 5.41) is 8.29. The molecule has 1 saturated heterocycles. The normalized spacial score (nSPS) is 16.7. The summed E-state index contributed by atoms with van der Waals surface area (Å²) in [4.78, 5) is 24.3. The minimum absolute atomic E-state index is 0.0246. The highest BCUT2D eigenvalue weighted by Crippen LogP contribution is 2.20. The molecule has 1 aliphatic rings. The SMILES string of the molecule is O=C(Cc1ccccc1)Nc1cc(NC(=O)C2COCCN2)ccc1F. The third-order valence-corrected chi connectivity index (χ3v) is 3.95. The van der Waals surface area contributed by atoms with Crippen molar-refractivity contribution in [2.75, 3.05) is 30.4 Å². The van der Waals surface area contributed by atoms with Crippen LogP contribution in [0.15, 0.2) is 48.5 Å². The van der Waals surface area contributed by atoms with Gasteiger partial charge in [-0.15, -0.1) is 0 Å². The van der Waals surface area contributed by atoms with Gasteiger partial charge in [0.15, 0.2) is 0 Å². The van der Waals surface area contributed by atoms with Crippen molar-refractivity contribution in [3.05, 3.63) is 59.9 Å². The molecule has 1 fully saturated rings. The summed E-state index contributed by atoms with van der Waals surface area (Å²) in [7, 11) is 0. The highest BCUT2D eigenvalue weighted by molar-refractivity contribution is 5.97. The summed E-state index contributed by atoms with van der Waals surface area (Å²) in [6.07, 6.45) is 0.139. The highest BCUT2D eigenvalue weighted by atomic mass is 19.1. The molecule has 26 heavy (non-hydrogen) atoms. The molecule has 1 aliphatic heterocycles. The van der Waals surface area contributed by atoms with Crippen LogP contribution in [0.4, 0.5) is 15.8 Å². The largest absolute Gasteiger partial charge is 0.378 e. The standard InChI is InChI=1S/C19H20FN3O3/c20-15-7-6-14(22-19(25)17-12-26-9-8-21-17)11-16(15)23-18(24)10-13-4-2-1-3-5-13/h1-7,11,17,21H,8-10,12H2,(H,22,25)(H,23,24). The maximum absolute atomic E-state index is 14.0. The summed E-state index contributed by atoms with van der Waals surface area (Å²) >= 11 is 0. The van der Waals surface area contributed by atoms with E-state index in [2.05, 4.69) is 16.0 Å². The lowest BCUT2D eigenvalue weighted by molar-refractivity contribution is -0.120. The average Bonchev–Trinajstić information content (AvgIpc) is 2.66. The Labute approximate surface area is 150 Å². The monoisotopic (exact) mass is 357 g/mol. The molecule has 6 nitrogen and oxygen atoms in total. The molecule has 1 unspecified atom stereocenters. The van der Waals surface area contributed by atoms with Crippen LogP contribution in [0.5, 0.6) is 0 Å². The summed E-state index contributed by atoms with van der Waals surface area (Å²) in [6.45, 7) is 1.45. The Kier molecular flexibility index (Phi) is 5.93. The second kappa shape index (κ2) is 8.55. The van der Waals surface area contributed by atoms with Gasteiger partial charge in [0.1, 0.15) is 11.9 Å². The van der Waals surface area contributed by atoms with E-state index >= 15 is 0 Å². The maximum Gasteiger partial charge on any atom is 0.243 e. The predicted molar refractivity (Wildman–Crippen MR) is 96.4 cm³/mol. The van der Waals surface area contributed by atoms with Crippen LogP contribution in [0.3, 0.4) is 0 Å². The summed E-state index contributed by atoms with van der Waals surface area (Å²) in [6, 6.07) is 12.8. The van der Waals surface area contributed by atoms with Crippen molar-refractivity contribution in [2.45, 2.75) is 12.5 Å². The summed E-state index contributed by atoms with van der Waals surface area (Å²) < 4.78 is 19.3. The predicted octanol–water partition coefficient (Wildman–Crippen LogP) is 1.93. The molecule has 7 heteroatoms. The van der Waals surface area contributed by atoms with E-state index in [1.165, 1.54) is 18.2 Å². The summed E-state index contributed by atoms with van der Waals surface area (Å²) in [5.41, 5.74) is 1.26. The average molecular weight is 357 g/mol. The molecule has 2 amide bonds. The Hall–Kier alpha value is -2.77. The topological polar surface area (TPSA) is 79.5 Å². The zero-order valence-corrected chi connectivity index (χ0v) is 14.1. The Morgan fingerprint density at radius 3 is 2.69 bits per heavy atom. The number of ether oxygens (including phenoxy) is 1. The molecular formula is C19H20FN3O3. The third-order valence-electron chi connectivity index (χ3n) is 3.95. The fourth-order valence-corrected chi connectivity index (χ4v) is 2.64. The van der Waals surface area contributed by atoms with E-state index < -0.39 is 11.9 Å². The highest BCUT2D eigenvalue weighted by Gasteiger charge is 2.21. The molecule has 0 radical (unpaired) electrons. The molecule has 2 aromatic rings. The van der Waals surface area contributed by atoms with Crippen LogP contribution >= 0.6 is 0 Å². The fraction of sp³-hybridized carbons (Fsp3) is 0.263. The fourth-order valence-electron chi connectivity index (χ4n) is 2.64. The van der Waals surface area contributed by atoms with Crippen LogP contribution in [0.25, 0.3) is 0 Å². The molecule has 3 N–H and O–H groups in total. The number of benzene rings is 2. The van der Waals surface area contributed by atoms with Gasteiger partial charge in [-0.3, -0.25) is 9.59 Å². The van der Waals surface area contributed by atoms with Gasteiger partial charge in [-0.2, -0.15) is 0 Å². The first-order valence-corrected chi connectivity index (χ1v) is 8.37. The number of morpholine rings is 1. The molecule has 136 valence electrons. The van der Waals surface area contributed by atoms with Gasteiger partial charge in [-0.25, -0.2) is 4.39 Å². The van der Waals surface area contributed by atoms with Crippen molar-refractivity contribution >= 4 is 23.2 Å². The van der Waals surface area contributed by atoms with E-state index in [1.54, 1.807) is 0 Å². The minimum Gasteiger partial charge on any atom is -0.378 e. The van der Waals surface area contributed by atoms with E-state index in [-0.39, 0.29) is 30.5 Å². The molecule has 1 atom stereocenters. The van der Waals surface area contributed by atoms with Gasteiger partial charge in [-0.05, 0) is 23.8 Å².